The van der Waals surface area contributed by atoms with Gasteiger partial charge in [0.1, 0.15) is 0 Å². The minimum absolute atomic E-state index is 0.0855. The molecule has 0 bridgehead atoms. The lowest BCUT2D eigenvalue weighted by molar-refractivity contribution is -0.139. The molecule has 9 heteroatoms. The summed E-state index contributed by atoms with van der Waals surface area (Å²) in [7, 11) is -5.44. The SMILES string of the molecule is C=C(C)C(=O)OCCC(C)(CC)NS(=O)(=O)C(F)(F)F. The van der Waals surface area contributed by atoms with E-state index in [-0.39, 0.29) is 25.0 Å². The van der Waals surface area contributed by atoms with Gasteiger partial charge in [0.25, 0.3) is 0 Å². The molecule has 0 aliphatic heterocycles. The first kappa shape index (κ1) is 18.9. The van der Waals surface area contributed by atoms with E-state index in [4.69, 9.17) is 4.74 Å². The molecule has 20 heavy (non-hydrogen) atoms. The van der Waals surface area contributed by atoms with Gasteiger partial charge in [-0.15, -0.1) is 0 Å². The average molecular weight is 317 g/mol. The molecule has 0 spiro atoms. The van der Waals surface area contributed by atoms with Crippen molar-refractivity contribution in [3.05, 3.63) is 12.2 Å². The van der Waals surface area contributed by atoms with Crippen LogP contribution in [0.25, 0.3) is 0 Å². The van der Waals surface area contributed by atoms with Crippen LogP contribution < -0.4 is 4.72 Å². The van der Waals surface area contributed by atoms with Crippen LogP contribution in [0.4, 0.5) is 13.2 Å². The topological polar surface area (TPSA) is 72.5 Å². The number of nitrogens with one attached hydrogen (secondary N) is 1. The van der Waals surface area contributed by atoms with Gasteiger partial charge in [-0.05, 0) is 20.3 Å². The van der Waals surface area contributed by atoms with Crippen LogP contribution in [0.2, 0.25) is 0 Å². The first-order valence-corrected chi connectivity index (χ1v) is 7.26. The molecule has 118 valence electrons. The molecular formula is C11H18F3NO4S. The van der Waals surface area contributed by atoms with E-state index in [1.165, 1.54) is 20.8 Å². The lowest BCUT2D eigenvalue weighted by Gasteiger charge is -2.29. The number of hydrogen-bond donors (Lipinski definition) is 1. The van der Waals surface area contributed by atoms with Gasteiger partial charge >= 0.3 is 21.5 Å². The Hall–Kier alpha value is -1.09. The summed E-state index contributed by atoms with van der Waals surface area (Å²) < 4.78 is 65.4. The van der Waals surface area contributed by atoms with Crippen LogP contribution in [0.1, 0.15) is 33.6 Å². The van der Waals surface area contributed by atoms with Crippen molar-refractivity contribution in [1.82, 2.24) is 4.72 Å². The molecule has 1 unspecified atom stereocenters. The van der Waals surface area contributed by atoms with Crippen LogP contribution in [0.3, 0.4) is 0 Å². The van der Waals surface area contributed by atoms with Crippen LogP contribution in [0.15, 0.2) is 12.2 Å². The van der Waals surface area contributed by atoms with Gasteiger partial charge < -0.3 is 4.74 Å². The predicted octanol–water partition coefficient (Wildman–Crippen LogP) is 2.10. The summed E-state index contributed by atoms with van der Waals surface area (Å²) >= 11 is 0. The summed E-state index contributed by atoms with van der Waals surface area (Å²) in [6.45, 7) is 7.40. The molecule has 5 nitrogen and oxygen atoms in total. The van der Waals surface area contributed by atoms with Gasteiger partial charge in [0.05, 0.1) is 6.61 Å². The Bertz CT molecular complexity index is 473. The Morgan fingerprint density at radius 1 is 1.35 bits per heavy atom. The maximum Gasteiger partial charge on any atom is 0.511 e. The molecule has 0 aromatic carbocycles. The fourth-order valence-electron chi connectivity index (χ4n) is 1.17. The van der Waals surface area contributed by atoms with Crippen LogP contribution in [-0.2, 0) is 19.6 Å². The second kappa shape index (κ2) is 6.57. The number of sulfonamides is 1. The minimum atomic E-state index is -5.44. The highest BCUT2D eigenvalue weighted by Gasteiger charge is 2.48. The van der Waals surface area contributed by atoms with E-state index >= 15 is 0 Å². The molecule has 1 atom stereocenters. The van der Waals surface area contributed by atoms with Gasteiger partial charge in [-0.25, -0.2) is 17.9 Å². The molecule has 0 radical (unpaired) electrons. The van der Waals surface area contributed by atoms with Crippen LogP contribution in [0, 0.1) is 0 Å². The van der Waals surface area contributed by atoms with Gasteiger partial charge in [-0.3, -0.25) is 0 Å². The Labute approximate surface area is 116 Å². The molecule has 0 heterocycles. The molecule has 0 fully saturated rings. The standard InChI is InChI=1S/C11H18F3NO4S/c1-5-10(4,6-7-19-9(16)8(2)3)15-20(17,18)11(12,13)14/h15H,2,5-7H2,1,3-4H3. The number of carbonyl (C=O) groups excluding carboxylic acids is 1. The van der Waals surface area contributed by atoms with E-state index in [2.05, 4.69) is 6.58 Å². The molecule has 0 aliphatic rings. The summed E-state index contributed by atoms with van der Waals surface area (Å²) in [4.78, 5) is 11.1. The van der Waals surface area contributed by atoms with E-state index in [9.17, 15) is 26.4 Å². The van der Waals surface area contributed by atoms with Crippen molar-refractivity contribution in [3.63, 3.8) is 0 Å². The largest absolute Gasteiger partial charge is 0.511 e. The van der Waals surface area contributed by atoms with Crippen molar-refractivity contribution in [2.24, 2.45) is 0 Å². The lowest BCUT2D eigenvalue weighted by atomic mass is 9.97. The third kappa shape index (κ3) is 5.49. The number of halogens is 3. The van der Waals surface area contributed by atoms with Gasteiger partial charge in [-0.1, -0.05) is 13.5 Å². The molecule has 0 aromatic heterocycles. The summed E-state index contributed by atoms with van der Waals surface area (Å²) in [6, 6.07) is 0. The van der Waals surface area contributed by atoms with Gasteiger partial charge in [0.2, 0.25) is 0 Å². The third-order valence-corrected chi connectivity index (χ3v) is 4.07. The number of rotatable bonds is 7. The molecule has 0 saturated heterocycles. The van der Waals surface area contributed by atoms with Crippen molar-refractivity contribution in [1.29, 1.82) is 0 Å². The lowest BCUT2D eigenvalue weighted by Crippen LogP contribution is -2.50. The molecule has 0 saturated carbocycles. The summed E-state index contributed by atoms with van der Waals surface area (Å²) in [5.41, 5.74) is -6.58. The van der Waals surface area contributed by atoms with Crippen molar-refractivity contribution >= 4 is 16.0 Å². The number of carbonyl (C=O) groups is 1. The van der Waals surface area contributed by atoms with Gasteiger partial charge in [0, 0.05) is 17.5 Å². The zero-order valence-corrected chi connectivity index (χ0v) is 12.3. The highest BCUT2D eigenvalue weighted by atomic mass is 32.2. The van der Waals surface area contributed by atoms with E-state index in [1.807, 2.05) is 0 Å². The van der Waals surface area contributed by atoms with Gasteiger partial charge in [-0.2, -0.15) is 13.2 Å². The number of esters is 1. The Kier molecular flexibility index (Phi) is 6.22. The first-order valence-electron chi connectivity index (χ1n) is 5.77. The van der Waals surface area contributed by atoms with Crippen molar-refractivity contribution in [3.8, 4) is 0 Å². The Morgan fingerprint density at radius 3 is 2.20 bits per heavy atom. The van der Waals surface area contributed by atoms with E-state index in [0.717, 1.165) is 0 Å². The smallest absolute Gasteiger partial charge is 0.462 e. The van der Waals surface area contributed by atoms with Crippen LogP contribution in [-0.4, -0.2) is 32.0 Å². The molecule has 0 aliphatic carbocycles. The monoisotopic (exact) mass is 317 g/mol. The second-order valence-electron chi connectivity index (χ2n) is 4.63. The van der Waals surface area contributed by atoms with Crippen LogP contribution in [0.5, 0.6) is 0 Å². The van der Waals surface area contributed by atoms with Crippen molar-refractivity contribution < 1.29 is 31.1 Å². The third-order valence-electron chi connectivity index (χ3n) is 2.70. The fraction of sp³-hybridized carbons (Fsp3) is 0.727. The highest BCUT2D eigenvalue weighted by molar-refractivity contribution is 7.90. The van der Waals surface area contributed by atoms with Crippen molar-refractivity contribution in [2.45, 2.75) is 44.7 Å². The number of alkyl halides is 3. The maximum atomic E-state index is 12.3. The fourth-order valence-corrected chi connectivity index (χ4v) is 2.19. The minimum Gasteiger partial charge on any atom is -0.462 e. The van der Waals surface area contributed by atoms with Crippen LogP contribution >= 0.6 is 0 Å². The molecule has 1 N–H and O–H groups in total. The first-order chi connectivity index (χ1) is 8.84. The summed E-state index contributed by atoms with van der Waals surface area (Å²) in [5.74, 6) is -0.679. The maximum absolute atomic E-state index is 12.3. The molecule has 0 amide bonds. The Balaban J connectivity index is 4.72. The number of ether oxygens (including phenoxy) is 1. The highest BCUT2D eigenvalue weighted by Crippen LogP contribution is 2.26. The van der Waals surface area contributed by atoms with E-state index in [1.54, 1.807) is 4.72 Å². The van der Waals surface area contributed by atoms with Crippen molar-refractivity contribution in [2.75, 3.05) is 6.61 Å². The van der Waals surface area contributed by atoms with Gasteiger partial charge in [0.15, 0.2) is 0 Å². The molecule has 0 rings (SSSR count). The summed E-state index contributed by atoms with van der Waals surface area (Å²) in [6.07, 6.45) is 0.0186. The van der Waals surface area contributed by atoms with E-state index < -0.39 is 27.0 Å². The quantitative estimate of drug-likeness (QED) is 0.576. The molecule has 0 aromatic rings. The van der Waals surface area contributed by atoms with E-state index in [0.29, 0.717) is 0 Å². The zero-order valence-electron chi connectivity index (χ0n) is 11.5. The molecular weight excluding hydrogens is 299 g/mol. The Morgan fingerprint density at radius 2 is 1.85 bits per heavy atom. The second-order valence-corrected chi connectivity index (χ2v) is 6.31. The normalized spacial score (nSPS) is 15.5. The number of hydrogen-bond acceptors (Lipinski definition) is 4. The summed E-state index contributed by atoms with van der Waals surface area (Å²) in [5, 5.41) is 0. The zero-order chi connectivity index (χ0) is 16.2. The predicted molar refractivity (Wildman–Crippen MR) is 67.2 cm³/mol. The average Bonchev–Trinajstić information content (AvgIpc) is 2.26.